The summed E-state index contributed by atoms with van der Waals surface area (Å²) in [6.07, 6.45) is 2.19. The summed E-state index contributed by atoms with van der Waals surface area (Å²) in [6, 6.07) is 15.2. The molecule has 0 unspecified atom stereocenters. The summed E-state index contributed by atoms with van der Waals surface area (Å²) in [5.41, 5.74) is 2.57. The quantitative estimate of drug-likeness (QED) is 0.554. The molecule has 0 atom stereocenters. The predicted molar refractivity (Wildman–Crippen MR) is 114 cm³/mol. The van der Waals surface area contributed by atoms with Gasteiger partial charge in [-0.3, -0.25) is 14.9 Å². The van der Waals surface area contributed by atoms with Crippen LogP contribution in [0.25, 0.3) is 0 Å². The maximum Gasteiger partial charge on any atom is 0.292 e. The molecule has 2 fully saturated rings. The van der Waals surface area contributed by atoms with Gasteiger partial charge in [-0.2, -0.15) is 0 Å². The molecule has 0 N–H and O–H groups in total. The van der Waals surface area contributed by atoms with Crippen LogP contribution in [-0.2, 0) is 0 Å². The van der Waals surface area contributed by atoms with Crippen molar-refractivity contribution in [3.05, 3.63) is 64.2 Å². The van der Waals surface area contributed by atoms with Crippen LogP contribution in [0, 0.1) is 10.1 Å². The Morgan fingerprint density at radius 2 is 1.79 bits per heavy atom. The summed E-state index contributed by atoms with van der Waals surface area (Å²) in [7, 11) is 0. The van der Waals surface area contributed by atoms with Crippen molar-refractivity contribution >= 4 is 23.0 Å². The molecular formula is C22H26N4O3. The molecule has 0 bridgehead atoms. The van der Waals surface area contributed by atoms with Crippen LogP contribution in [0.1, 0.15) is 30.1 Å². The Labute approximate surface area is 170 Å². The molecule has 1 aliphatic carbocycles. The van der Waals surface area contributed by atoms with E-state index in [9.17, 15) is 14.9 Å². The van der Waals surface area contributed by atoms with Crippen molar-refractivity contribution in [3.8, 4) is 0 Å². The molecule has 0 spiro atoms. The van der Waals surface area contributed by atoms with Gasteiger partial charge in [0.15, 0.2) is 0 Å². The maximum atomic E-state index is 12.7. The molecule has 2 aliphatic rings. The number of nitro benzene ring substituents is 1. The maximum absolute atomic E-state index is 12.7. The molecule has 1 amide bonds. The number of amides is 1. The molecule has 29 heavy (non-hydrogen) atoms. The van der Waals surface area contributed by atoms with E-state index in [1.807, 2.05) is 54.3 Å². The fourth-order valence-corrected chi connectivity index (χ4v) is 4.04. The molecule has 0 aromatic heterocycles. The summed E-state index contributed by atoms with van der Waals surface area (Å²) in [5, 5.41) is 11.5. The molecular weight excluding hydrogens is 368 g/mol. The van der Waals surface area contributed by atoms with E-state index in [2.05, 4.69) is 9.80 Å². The van der Waals surface area contributed by atoms with E-state index in [0.29, 0.717) is 43.5 Å². The summed E-state index contributed by atoms with van der Waals surface area (Å²) < 4.78 is 0. The lowest BCUT2D eigenvalue weighted by Crippen LogP contribution is -2.48. The topological polar surface area (TPSA) is 69.9 Å². The molecule has 2 aromatic carbocycles. The van der Waals surface area contributed by atoms with Crippen LogP contribution in [0.5, 0.6) is 0 Å². The molecule has 7 nitrogen and oxygen atoms in total. The SMILES string of the molecule is CCN(c1cc(N2CCN(C(=O)c3ccccc3)CC2)ccc1[N+](=O)[O-])C1CC1. The second kappa shape index (κ2) is 8.11. The minimum absolute atomic E-state index is 0.0560. The molecule has 0 radical (unpaired) electrons. The number of carbonyl (C=O) groups is 1. The number of benzene rings is 2. The van der Waals surface area contributed by atoms with Gasteiger partial charge < -0.3 is 14.7 Å². The summed E-state index contributed by atoms with van der Waals surface area (Å²) in [5.74, 6) is 0.0560. The van der Waals surface area contributed by atoms with Crippen molar-refractivity contribution in [2.45, 2.75) is 25.8 Å². The zero-order chi connectivity index (χ0) is 20.4. The lowest BCUT2D eigenvalue weighted by atomic mass is 10.1. The normalized spacial score (nSPS) is 16.6. The van der Waals surface area contributed by atoms with E-state index in [4.69, 9.17) is 0 Å². The van der Waals surface area contributed by atoms with Crippen LogP contribution in [0.15, 0.2) is 48.5 Å². The number of piperazine rings is 1. The molecule has 1 aliphatic heterocycles. The Morgan fingerprint density at radius 3 is 2.38 bits per heavy atom. The number of hydrogen-bond acceptors (Lipinski definition) is 5. The highest BCUT2D eigenvalue weighted by atomic mass is 16.6. The Bertz CT molecular complexity index is 890. The Balaban J connectivity index is 1.49. The molecule has 7 heteroatoms. The minimum atomic E-state index is -0.291. The largest absolute Gasteiger partial charge is 0.368 e. The molecule has 152 valence electrons. The molecule has 2 aromatic rings. The van der Waals surface area contributed by atoms with E-state index in [1.54, 1.807) is 6.07 Å². The monoisotopic (exact) mass is 394 g/mol. The van der Waals surface area contributed by atoms with Crippen molar-refractivity contribution < 1.29 is 9.72 Å². The minimum Gasteiger partial charge on any atom is -0.368 e. The first-order valence-corrected chi connectivity index (χ1v) is 10.2. The number of rotatable bonds is 6. The Hall–Kier alpha value is -3.09. The standard InChI is InChI=1S/C22H26N4O3/c1-2-25(18-8-9-18)21-16-19(10-11-20(21)26(28)29)23-12-14-24(15-13-23)22(27)17-6-4-3-5-7-17/h3-7,10-11,16,18H,2,8-9,12-15H2,1H3. The van der Waals surface area contributed by atoms with Gasteiger partial charge in [0.25, 0.3) is 11.6 Å². The van der Waals surface area contributed by atoms with E-state index in [0.717, 1.165) is 25.1 Å². The second-order valence-corrected chi connectivity index (χ2v) is 7.59. The summed E-state index contributed by atoms with van der Waals surface area (Å²) >= 11 is 0. The molecule has 1 saturated heterocycles. The zero-order valence-corrected chi connectivity index (χ0v) is 16.7. The Kier molecular flexibility index (Phi) is 5.38. The first-order valence-electron chi connectivity index (χ1n) is 10.2. The van der Waals surface area contributed by atoms with Crippen LogP contribution < -0.4 is 9.80 Å². The number of nitrogens with zero attached hydrogens (tertiary/aromatic N) is 4. The second-order valence-electron chi connectivity index (χ2n) is 7.59. The Morgan fingerprint density at radius 1 is 1.10 bits per heavy atom. The highest BCUT2D eigenvalue weighted by Gasteiger charge is 2.33. The van der Waals surface area contributed by atoms with Gasteiger partial charge in [-0.1, -0.05) is 18.2 Å². The van der Waals surface area contributed by atoms with Crippen LogP contribution in [0.2, 0.25) is 0 Å². The predicted octanol–water partition coefficient (Wildman–Crippen LogP) is 3.55. The number of hydrogen-bond donors (Lipinski definition) is 0. The lowest BCUT2D eigenvalue weighted by Gasteiger charge is -2.36. The summed E-state index contributed by atoms with van der Waals surface area (Å²) in [4.78, 5) is 30.1. The number of anilines is 2. The van der Waals surface area contributed by atoms with Gasteiger partial charge in [0.05, 0.1) is 4.92 Å². The highest BCUT2D eigenvalue weighted by molar-refractivity contribution is 5.94. The third-order valence-corrected chi connectivity index (χ3v) is 5.75. The van der Waals surface area contributed by atoms with Crippen LogP contribution in [0.3, 0.4) is 0 Å². The van der Waals surface area contributed by atoms with E-state index < -0.39 is 0 Å². The van der Waals surface area contributed by atoms with E-state index in [1.165, 1.54) is 0 Å². The van der Waals surface area contributed by atoms with E-state index in [-0.39, 0.29) is 16.5 Å². The zero-order valence-electron chi connectivity index (χ0n) is 16.7. The van der Waals surface area contributed by atoms with Crippen LogP contribution in [-0.4, -0.2) is 54.5 Å². The van der Waals surface area contributed by atoms with Gasteiger partial charge in [0.2, 0.25) is 0 Å². The fourth-order valence-electron chi connectivity index (χ4n) is 4.04. The van der Waals surface area contributed by atoms with Crippen molar-refractivity contribution in [3.63, 3.8) is 0 Å². The molecule has 1 saturated carbocycles. The van der Waals surface area contributed by atoms with Crippen molar-refractivity contribution in [1.82, 2.24) is 4.90 Å². The summed E-state index contributed by atoms with van der Waals surface area (Å²) in [6.45, 7) is 5.51. The van der Waals surface area contributed by atoms with Gasteiger partial charge >= 0.3 is 0 Å². The van der Waals surface area contributed by atoms with Crippen molar-refractivity contribution in [2.75, 3.05) is 42.5 Å². The first-order chi connectivity index (χ1) is 14.1. The number of carbonyl (C=O) groups excluding carboxylic acids is 1. The average molecular weight is 394 g/mol. The molecule has 4 rings (SSSR count). The van der Waals surface area contributed by atoms with Gasteiger partial charge in [-0.15, -0.1) is 0 Å². The third kappa shape index (κ3) is 4.04. The van der Waals surface area contributed by atoms with Crippen molar-refractivity contribution in [1.29, 1.82) is 0 Å². The van der Waals surface area contributed by atoms with Crippen molar-refractivity contribution in [2.24, 2.45) is 0 Å². The highest BCUT2D eigenvalue weighted by Crippen LogP contribution is 2.39. The first kappa shape index (κ1) is 19.2. The fraction of sp³-hybridized carbons (Fsp3) is 0.409. The van der Waals surface area contributed by atoms with Gasteiger partial charge in [0, 0.05) is 56.1 Å². The smallest absolute Gasteiger partial charge is 0.292 e. The van der Waals surface area contributed by atoms with Gasteiger partial charge in [-0.25, -0.2) is 0 Å². The van der Waals surface area contributed by atoms with Crippen LogP contribution in [0.4, 0.5) is 17.1 Å². The third-order valence-electron chi connectivity index (χ3n) is 5.75. The van der Waals surface area contributed by atoms with E-state index >= 15 is 0 Å². The molecule has 1 heterocycles. The number of nitro groups is 1. The van der Waals surface area contributed by atoms with Gasteiger partial charge in [-0.05, 0) is 44.0 Å². The van der Waals surface area contributed by atoms with Gasteiger partial charge in [0.1, 0.15) is 5.69 Å². The lowest BCUT2D eigenvalue weighted by molar-refractivity contribution is -0.384. The average Bonchev–Trinajstić information content (AvgIpc) is 3.59. The van der Waals surface area contributed by atoms with Crippen LogP contribution >= 0.6 is 0 Å².